The summed E-state index contributed by atoms with van der Waals surface area (Å²) in [6.45, 7) is 0.118. The molecule has 1 heterocycles. The van der Waals surface area contributed by atoms with Gasteiger partial charge >= 0.3 is 0 Å². The van der Waals surface area contributed by atoms with Gasteiger partial charge in [0.15, 0.2) is 0 Å². The summed E-state index contributed by atoms with van der Waals surface area (Å²) in [6, 6.07) is 7.36. The molecule has 2 N–H and O–H groups in total. The zero-order valence-corrected chi connectivity index (χ0v) is 11.3. The summed E-state index contributed by atoms with van der Waals surface area (Å²) < 4.78 is 13.0. The van der Waals surface area contributed by atoms with Crippen molar-refractivity contribution in [1.82, 2.24) is 5.32 Å². The van der Waals surface area contributed by atoms with Crippen molar-refractivity contribution in [3.8, 4) is 11.8 Å². The standard InChI is InChI=1S/C15H12FNO2S/c16-13-5-1-3-12(9-13)15(19)17-10-14-11(4-2-7-18)6-8-20-14/h1,3,5-6,8-9,18H,7,10H2,(H,17,19). The van der Waals surface area contributed by atoms with Crippen molar-refractivity contribution in [2.24, 2.45) is 0 Å². The highest BCUT2D eigenvalue weighted by molar-refractivity contribution is 7.10. The van der Waals surface area contributed by atoms with Gasteiger partial charge in [0.2, 0.25) is 0 Å². The highest BCUT2D eigenvalue weighted by Gasteiger charge is 2.08. The van der Waals surface area contributed by atoms with Crippen LogP contribution in [0.15, 0.2) is 35.7 Å². The lowest BCUT2D eigenvalue weighted by atomic mass is 10.2. The van der Waals surface area contributed by atoms with Crippen LogP contribution in [0.2, 0.25) is 0 Å². The minimum Gasteiger partial charge on any atom is -0.384 e. The number of carbonyl (C=O) groups excluding carboxylic acids is 1. The molecule has 1 amide bonds. The van der Waals surface area contributed by atoms with Gasteiger partial charge in [0.05, 0.1) is 6.54 Å². The van der Waals surface area contributed by atoms with Crippen molar-refractivity contribution < 1.29 is 14.3 Å². The van der Waals surface area contributed by atoms with E-state index in [0.29, 0.717) is 6.54 Å². The minimum absolute atomic E-state index is 0.203. The molecule has 5 heteroatoms. The summed E-state index contributed by atoms with van der Waals surface area (Å²) >= 11 is 1.47. The van der Waals surface area contributed by atoms with E-state index in [1.54, 1.807) is 6.07 Å². The molecule has 0 spiro atoms. The molecule has 0 atom stereocenters. The molecule has 0 unspecified atom stereocenters. The molecule has 1 aromatic heterocycles. The molecule has 0 saturated heterocycles. The van der Waals surface area contributed by atoms with E-state index in [-0.39, 0.29) is 18.1 Å². The molecule has 0 aliphatic heterocycles. The van der Waals surface area contributed by atoms with Gasteiger partial charge in [0, 0.05) is 16.0 Å². The molecule has 3 nitrogen and oxygen atoms in total. The quantitative estimate of drug-likeness (QED) is 0.851. The fourth-order valence-electron chi connectivity index (χ4n) is 1.62. The molecule has 0 aliphatic rings. The van der Waals surface area contributed by atoms with Crippen LogP contribution in [-0.4, -0.2) is 17.6 Å². The molecule has 102 valence electrons. The Hall–Kier alpha value is -2.16. The van der Waals surface area contributed by atoms with E-state index in [0.717, 1.165) is 10.4 Å². The Morgan fingerprint density at radius 1 is 1.40 bits per heavy atom. The van der Waals surface area contributed by atoms with Crippen LogP contribution in [0.25, 0.3) is 0 Å². The molecule has 0 fully saturated rings. The highest BCUT2D eigenvalue weighted by Crippen LogP contribution is 2.15. The summed E-state index contributed by atoms with van der Waals surface area (Å²) in [7, 11) is 0. The van der Waals surface area contributed by atoms with Gasteiger partial charge in [0.1, 0.15) is 12.4 Å². The maximum Gasteiger partial charge on any atom is 0.251 e. The Morgan fingerprint density at radius 3 is 3.00 bits per heavy atom. The number of hydrogen-bond acceptors (Lipinski definition) is 3. The Balaban J connectivity index is 2.02. The van der Waals surface area contributed by atoms with Crippen LogP contribution in [0.4, 0.5) is 4.39 Å². The Kier molecular flexibility index (Phi) is 4.88. The SMILES string of the molecule is O=C(NCc1sccc1C#CCO)c1cccc(F)c1. The molecule has 0 saturated carbocycles. The lowest BCUT2D eigenvalue weighted by Gasteiger charge is -2.04. The lowest BCUT2D eigenvalue weighted by molar-refractivity contribution is 0.0951. The summed E-state index contributed by atoms with van der Waals surface area (Å²) in [5, 5.41) is 13.3. The van der Waals surface area contributed by atoms with Crippen LogP contribution in [-0.2, 0) is 6.54 Å². The molecule has 2 rings (SSSR count). The third-order valence-corrected chi connectivity index (χ3v) is 3.46. The largest absolute Gasteiger partial charge is 0.384 e. The number of amides is 1. The first-order valence-corrected chi connectivity index (χ1v) is 6.78. The molecule has 20 heavy (non-hydrogen) atoms. The number of aliphatic hydroxyl groups excluding tert-OH is 1. The number of carbonyl (C=O) groups is 1. The molecule has 0 aliphatic carbocycles. The van der Waals surface area contributed by atoms with E-state index in [1.165, 1.54) is 29.5 Å². The third kappa shape index (κ3) is 3.67. The Morgan fingerprint density at radius 2 is 2.25 bits per heavy atom. The van der Waals surface area contributed by atoms with Crippen LogP contribution in [0, 0.1) is 17.7 Å². The lowest BCUT2D eigenvalue weighted by Crippen LogP contribution is -2.22. The number of nitrogens with one attached hydrogen (secondary N) is 1. The molecule has 0 radical (unpaired) electrons. The molecule has 0 bridgehead atoms. The number of thiophene rings is 1. The topological polar surface area (TPSA) is 49.3 Å². The maximum absolute atomic E-state index is 13.0. The highest BCUT2D eigenvalue weighted by atomic mass is 32.1. The van der Waals surface area contributed by atoms with Gasteiger partial charge in [-0.15, -0.1) is 11.3 Å². The average molecular weight is 289 g/mol. The summed E-state index contributed by atoms with van der Waals surface area (Å²) in [4.78, 5) is 12.8. The van der Waals surface area contributed by atoms with E-state index in [1.807, 2.05) is 11.4 Å². The fourth-order valence-corrected chi connectivity index (χ4v) is 2.39. The molecular formula is C15H12FNO2S. The summed E-state index contributed by atoms with van der Waals surface area (Å²) in [5.74, 6) is 4.61. The zero-order chi connectivity index (χ0) is 14.4. The van der Waals surface area contributed by atoms with E-state index in [2.05, 4.69) is 17.2 Å². The summed E-state index contributed by atoms with van der Waals surface area (Å²) in [5.41, 5.74) is 1.06. The monoisotopic (exact) mass is 289 g/mol. The van der Waals surface area contributed by atoms with Gasteiger partial charge in [-0.05, 0) is 29.6 Å². The van der Waals surface area contributed by atoms with Crippen LogP contribution in [0.3, 0.4) is 0 Å². The third-order valence-electron chi connectivity index (χ3n) is 2.54. The van der Waals surface area contributed by atoms with Crippen molar-refractivity contribution in [2.45, 2.75) is 6.54 Å². The number of rotatable bonds is 3. The van der Waals surface area contributed by atoms with Crippen molar-refractivity contribution in [2.75, 3.05) is 6.61 Å². The van der Waals surface area contributed by atoms with Gasteiger partial charge in [-0.2, -0.15) is 0 Å². The van der Waals surface area contributed by atoms with Crippen LogP contribution in [0.5, 0.6) is 0 Å². The van der Waals surface area contributed by atoms with Gasteiger partial charge in [0.25, 0.3) is 5.91 Å². The number of benzene rings is 1. The predicted octanol–water partition coefficient (Wildman–Crippen LogP) is 2.16. The Bertz CT molecular complexity index is 670. The zero-order valence-electron chi connectivity index (χ0n) is 10.5. The minimum atomic E-state index is -0.441. The van der Waals surface area contributed by atoms with E-state index in [4.69, 9.17) is 5.11 Å². The first kappa shape index (κ1) is 14.3. The van der Waals surface area contributed by atoms with Crippen molar-refractivity contribution >= 4 is 17.2 Å². The van der Waals surface area contributed by atoms with Crippen molar-refractivity contribution in [3.05, 3.63) is 57.5 Å². The van der Waals surface area contributed by atoms with Crippen molar-refractivity contribution in [3.63, 3.8) is 0 Å². The first-order valence-electron chi connectivity index (χ1n) is 5.90. The van der Waals surface area contributed by atoms with Gasteiger partial charge in [-0.3, -0.25) is 4.79 Å². The van der Waals surface area contributed by atoms with Gasteiger partial charge in [-0.1, -0.05) is 17.9 Å². The van der Waals surface area contributed by atoms with E-state index in [9.17, 15) is 9.18 Å². The predicted molar refractivity (Wildman–Crippen MR) is 75.9 cm³/mol. The second kappa shape index (κ2) is 6.85. The smallest absolute Gasteiger partial charge is 0.251 e. The number of aliphatic hydroxyl groups is 1. The Labute approximate surface area is 120 Å². The second-order valence-corrected chi connectivity index (χ2v) is 4.91. The van der Waals surface area contributed by atoms with E-state index >= 15 is 0 Å². The van der Waals surface area contributed by atoms with Crippen molar-refractivity contribution in [1.29, 1.82) is 0 Å². The number of hydrogen-bond donors (Lipinski definition) is 2. The van der Waals surface area contributed by atoms with Crippen LogP contribution >= 0.6 is 11.3 Å². The van der Waals surface area contributed by atoms with Gasteiger partial charge < -0.3 is 10.4 Å². The molecular weight excluding hydrogens is 277 g/mol. The average Bonchev–Trinajstić information content (AvgIpc) is 2.90. The fraction of sp³-hybridized carbons (Fsp3) is 0.133. The normalized spacial score (nSPS) is 9.70. The second-order valence-electron chi connectivity index (χ2n) is 3.91. The summed E-state index contributed by atoms with van der Waals surface area (Å²) in [6.07, 6.45) is 0. The first-order chi connectivity index (χ1) is 9.70. The van der Waals surface area contributed by atoms with Crippen LogP contribution in [0.1, 0.15) is 20.8 Å². The van der Waals surface area contributed by atoms with Crippen LogP contribution < -0.4 is 5.32 Å². The molecule has 1 aromatic carbocycles. The molecule has 2 aromatic rings. The van der Waals surface area contributed by atoms with Gasteiger partial charge in [-0.25, -0.2) is 4.39 Å². The number of halogens is 1. The van der Waals surface area contributed by atoms with E-state index < -0.39 is 5.82 Å². The maximum atomic E-state index is 13.0.